The third kappa shape index (κ3) is 7.48. The number of amides is 2. The van der Waals surface area contributed by atoms with E-state index >= 15 is 0 Å². The van der Waals surface area contributed by atoms with Gasteiger partial charge in [-0.2, -0.15) is 0 Å². The highest BCUT2D eigenvalue weighted by atomic mass is 32.1. The molecule has 0 bridgehead atoms. The van der Waals surface area contributed by atoms with Crippen LogP contribution < -0.4 is 10.6 Å². The number of hydrogen-bond donors (Lipinski definition) is 2. The first-order valence-corrected chi connectivity index (χ1v) is 4.43. The highest BCUT2D eigenvalue weighted by Gasteiger charge is 2.16. The standard InChI is InChI=1S/C8H14N2O3S/c1-5(11)9-6(14)10-7(12)13-8(2,3)4/h1-4H3,(H2,9,10,11,12,14). The summed E-state index contributed by atoms with van der Waals surface area (Å²) in [5, 5.41) is 4.38. The molecule has 0 radical (unpaired) electrons. The largest absolute Gasteiger partial charge is 0.444 e. The van der Waals surface area contributed by atoms with Gasteiger partial charge in [0.05, 0.1) is 0 Å². The van der Waals surface area contributed by atoms with Gasteiger partial charge in [0.1, 0.15) is 5.60 Å². The molecule has 0 aliphatic rings. The van der Waals surface area contributed by atoms with Crippen molar-refractivity contribution in [2.75, 3.05) is 0 Å². The Morgan fingerprint density at radius 2 is 1.71 bits per heavy atom. The summed E-state index contributed by atoms with van der Waals surface area (Å²) in [5.41, 5.74) is -0.587. The molecule has 0 fully saturated rings. The van der Waals surface area contributed by atoms with Crippen LogP contribution >= 0.6 is 12.2 Å². The Bertz CT molecular complexity index is 258. The fourth-order valence-electron chi connectivity index (χ4n) is 0.587. The van der Waals surface area contributed by atoms with Crippen LogP contribution in [0.5, 0.6) is 0 Å². The molecule has 0 unspecified atom stereocenters. The SMILES string of the molecule is CC(=O)NC(=S)NC(=O)OC(C)(C)C. The molecule has 80 valence electrons. The van der Waals surface area contributed by atoms with Crippen molar-refractivity contribution < 1.29 is 14.3 Å². The van der Waals surface area contributed by atoms with Crippen molar-refractivity contribution in [3.63, 3.8) is 0 Å². The molecular formula is C8H14N2O3S. The molecule has 0 saturated heterocycles. The van der Waals surface area contributed by atoms with Crippen LogP contribution in [-0.4, -0.2) is 22.7 Å². The fraction of sp³-hybridized carbons (Fsp3) is 0.625. The summed E-state index contributed by atoms with van der Waals surface area (Å²) < 4.78 is 4.90. The molecule has 2 N–H and O–H groups in total. The summed E-state index contributed by atoms with van der Waals surface area (Å²) in [6, 6.07) is 0. The first kappa shape index (κ1) is 12.8. The second kappa shape index (κ2) is 4.90. The van der Waals surface area contributed by atoms with E-state index < -0.39 is 11.7 Å². The van der Waals surface area contributed by atoms with Gasteiger partial charge in [0, 0.05) is 6.92 Å². The van der Waals surface area contributed by atoms with Crippen LogP contribution in [0.3, 0.4) is 0 Å². The van der Waals surface area contributed by atoms with Gasteiger partial charge in [-0.3, -0.25) is 10.1 Å². The lowest BCUT2D eigenvalue weighted by Crippen LogP contribution is -2.43. The van der Waals surface area contributed by atoms with Gasteiger partial charge in [-0.05, 0) is 33.0 Å². The summed E-state index contributed by atoms with van der Waals surface area (Å²) in [7, 11) is 0. The molecule has 6 heteroatoms. The molecule has 0 heterocycles. The molecule has 0 spiro atoms. The predicted molar refractivity (Wildman–Crippen MR) is 55.8 cm³/mol. The number of hydrogen-bond acceptors (Lipinski definition) is 4. The Kier molecular flexibility index (Phi) is 4.49. The lowest BCUT2D eigenvalue weighted by molar-refractivity contribution is -0.117. The first-order chi connectivity index (χ1) is 6.20. The van der Waals surface area contributed by atoms with E-state index in [1.165, 1.54) is 6.92 Å². The smallest absolute Gasteiger partial charge is 0.413 e. The van der Waals surface area contributed by atoms with Crippen molar-refractivity contribution in [3.05, 3.63) is 0 Å². The maximum Gasteiger partial charge on any atom is 0.413 e. The number of rotatable bonds is 0. The van der Waals surface area contributed by atoms with E-state index in [0.717, 1.165) is 0 Å². The Morgan fingerprint density at radius 1 is 1.21 bits per heavy atom. The van der Waals surface area contributed by atoms with Crippen LogP contribution in [0, 0.1) is 0 Å². The Hall–Kier alpha value is -1.17. The van der Waals surface area contributed by atoms with Crippen LogP contribution in [0.1, 0.15) is 27.7 Å². The highest BCUT2D eigenvalue weighted by Crippen LogP contribution is 2.06. The summed E-state index contributed by atoms with van der Waals surface area (Å²) in [5.74, 6) is -0.342. The molecule has 0 aromatic carbocycles. The average molecular weight is 218 g/mol. The summed E-state index contributed by atoms with van der Waals surface area (Å²) in [4.78, 5) is 21.6. The van der Waals surface area contributed by atoms with Crippen molar-refractivity contribution in [2.45, 2.75) is 33.3 Å². The van der Waals surface area contributed by atoms with E-state index in [2.05, 4.69) is 22.9 Å². The van der Waals surface area contributed by atoms with Crippen molar-refractivity contribution >= 4 is 29.3 Å². The third-order valence-corrected chi connectivity index (χ3v) is 1.11. The summed E-state index contributed by atoms with van der Waals surface area (Å²) in [6.45, 7) is 6.49. The Balaban J connectivity index is 3.96. The van der Waals surface area contributed by atoms with E-state index in [1.54, 1.807) is 20.8 Å². The zero-order valence-corrected chi connectivity index (χ0v) is 9.45. The molecule has 2 amide bonds. The second-order valence-electron chi connectivity index (χ2n) is 3.64. The number of nitrogens with one attached hydrogen (secondary N) is 2. The van der Waals surface area contributed by atoms with Crippen molar-refractivity contribution in [2.24, 2.45) is 0 Å². The molecule has 5 nitrogen and oxygen atoms in total. The van der Waals surface area contributed by atoms with E-state index in [-0.39, 0.29) is 11.0 Å². The summed E-state index contributed by atoms with van der Waals surface area (Å²) in [6.07, 6.45) is -0.684. The number of carbonyl (C=O) groups excluding carboxylic acids is 2. The topological polar surface area (TPSA) is 67.4 Å². The van der Waals surface area contributed by atoms with Crippen LogP contribution in [0.25, 0.3) is 0 Å². The van der Waals surface area contributed by atoms with Gasteiger partial charge in [-0.1, -0.05) is 0 Å². The van der Waals surface area contributed by atoms with Crippen molar-refractivity contribution in [1.82, 2.24) is 10.6 Å². The number of ether oxygens (including phenoxy) is 1. The lowest BCUT2D eigenvalue weighted by Gasteiger charge is -2.19. The minimum atomic E-state index is -0.684. The second-order valence-corrected chi connectivity index (χ2v) is 4.05. The average Bonchev–Trinajstić information content (AvgIpc) is 1.77. The molecule has 0 atom stereocenters. The van der Waals surface area contributed by atoms with Gasteiger partial charge in [0.15, 0.2) is 5.11 Å². The molecule has 14 heavy (non-hydrogen) atoms. The predicted octanol–water partition coefficient (Wildman–Crippen LogP) is 0.932. The molecule has 0 saturated carbocycles. The van der Waals surface area contributed by atoms with Crippen molar-refractivity contribution in [1.29, 1.82) is 0 Å². The normalized spacial score (nSPS) is 10.3. The zero-order chi connectivity index (χ0) is 11.4. The maximum atomic E-state index is 11.1. The van der Waals surface area contributed by atoms with Crippen LogP contribution in [0.2, 0.25) is 0 Å². The van der Waals surface area contributed by atoms with Gasteiger partial charge in [-0.15, -0.1) is 0 Å². The zero-order valence-electron chi connectivity index (χ0n) is 8.63. The number of alkyl carbamates (subject to hydrolysis) is 1. The molecular weight excluding hydrogens is 204 g/mol. The minimum Gasteiger partial charge on any atom is -0.444 e. The van der Waals surface area contributed by atoms with Gasteiger partial charge < -0.3 is 10.1 Å². The van der Waals surface area contributed by atoms with Gasteiger partial charge in [0.2, 0.25) is 5.91 Å². The van der Waals surface area contributed by atoms with E-state index in [1.807, 2.05) is 0 Å². The van der Waals surface area contributed by atoms with Crippen LogP contribution in [-0.2, 0) is 9.53 Å². The van der Waals surface area contributed by atoms with E-state index in [0.29, 0.717) is 0 Å². The van der Waals surface area contributed by atoms with Crippen LogP contribution in [0.15, 0.2) is 0 Å². The maximum absolute atomic E-state index is 11.1. The Morgan fingerprint density at radius 3 is 2.07 bits per heavy atom. The first-order valence-electron chi connectivity index (χ1n) is 4.02. The monoisotopic (exact) mass is 218 g/mol. The van der Waals surface area contributed by atoms with E-state index in [9.17, 15) is 9.59 Å². The minimum absolute atomic E-state index is 0.0632. The van der Waals surface area contributed by atoms with Gasteiger partial charge in [0.25, 0.3) is 0 Å². The molecule has 0 aromatic rings. The summed E-state index contributed by atoms with van der Waals surface area (Å²) >= 11 is 4.65. The molecule has 0 rings (SSSR count). The van der Waals surface area contributed by atoms with Crippen LogP contribution in [0.4, 0.5) is 4.79 Å². The number of carbonyl (C=O) groups is 2. The van der Waals surface area contributed by atoms with E-state index in [4.69, 9.17) is 4.74 Å². The lowest BCUT2D eigenvalue weighted by atomic mass is 10.2. The van der Waals surface area contributed by atoms with Crippen molar-refractivity contribution in [3.8, 4) is 0 Å². The molecule has 0 aromatic heterocycles. The van der Waals surface area contributed by atoms with Gasteiger partial charge >= 0.3 is 6.09 Å². The third-order valence-electron chi connectivity index (χ3n) is 0.904. The highest BCUT2D eigenvalue weighted by molar-refractivity contribution is 7.80. The fourth-order valence-corrected chi connectivity index (χ4v) is 0.814. The van der Waals surface area contributed by atoms with Gasteiger partial charge in [-0.25, -0.2) is 4.79 Å². The molecule has 0 aliphatic heterocycles. The quantitative estimate of drug-likeness (QED) is 0.594. The molecule has 0 aliphatic carbocycles. The number of thiocarbonyl (C=S) groups is 1. The Labute approximate surface area is 88.2 Å².